The summed E-state index contributed by atoms with van der Waals surface area (Å²) >= 11 is 0. The molecule has 1 saturated carbocycles. The van der Waals surface area contributed by atoms with Crippen molar-refractivity contribution >= 4 is 5.78 Å². The predicted octanol–water partition coefficient (Wildman–Crippen LogP) is 2.91. The molecule has 2 heterocycles. The van der Waals surface area contributed by atoms with E-state index in [1.807, 2.05) is 0 Å². The lowest BCUT2D eigenvalue weighted by Crippen LogP contribution is -2.30. The van der Waals surface area contributed by atoms with E-state index in [9.17, 15) is 14.3 Å². The molecule has 6 nitrogen and oxygen atoms in total. The quantitative estimate of drug-likeness (QED) is 0.770. The first-order valence-electron chi connectivity index (χ1n) is 9.43. The van der Waals surface area contributed by atoms with Gasteiger partial charge in [-0.25, -0.2) is 4.98 Å². The van der Waals surface area contributed by atoms with Crippen molar-refractivity contribution in [1.82, 2.24) is 9.88 Å². The zero-order chi connectivity index (χ0) is 19.7. The third-order valence-electron chi connectivity index (χ3n) is 5.63. The molecule has 0 radical (unpaired) electrons. The number of fused-ring (bicyclic) bond motifs is 1. The highest BCUT2D eigenvalue weighted by atomic mass is 19.1. The Morgan fingerprint density at radius 3 is 2.57 bits per heavy atom. The Labute approximate surface area is 162 Å². The van der Waals surface area contributed by atoms with E-state index in [0.717, 1.165) is 25.9 Å². The van der Waals surface area contributed by atoms with Crippen molar-refractivity contribution in [3.63, 3.8) is 0 Å². The molecule has 1 saturated heterocycles. The summed E-state index contributed by atoms with van der Waals surface area (Å²) < 4.78 is 25.2. The van der Waals surface area contributed by atoms with Gasteiger partial charge in [0, 0.05) is 13.1 Å². The molecular formula is C21H23FN2O4. The highest BCUT2D eigenvalue weighted by Gasteiger charge is 2.42. The Balaban J connectivity index is 1.31. The van der Waals surface area contributed by atoms with E-state index in [-0.39, 0.29) is 29.1 Å². The average molecular weight is 386 g/mol. The largest absolute Gasteiger partial charge is 0.506 e. The molecule has 3 atom stereocenters. The highest BCUT2D eigenvalue weighted by molar-refractivity contribution is 5.95. The molecule has 0 spiro atoms. The van der Waals surface area contributed by atoms with Gasteiger partial charge in [-0.15, -0.1) is 0 Å². The monoisotopic (exact) mass is 386 g/mol. The van der Waals surface area contributed by atoms with Crippen molar-refractivity contribution in [2.75, 3.05) is 26.7 Å². The van der Waals surface area contributed by atoms with Gasteiger partial charge < -0.3 is 14.6 Å². The molecular weight excluding hydrogens is 363 g/mol. The number of pyridine rings is 1. The normalized spacial score (nSPS) is 24.1. The van der Waals surface area contributed by atoms with Gasteiger partial charge in [-0.2, -0.15) is 4.39 Å². The third kappa shape index (κ3) is 3.80. The first kappa shape index (κ1) is 18.7. The molecule has 1 aromatic heterocycles. The fourth-order valence-corrected chi connectivity index (χ4v) is 4.32. The van der Waals surface area contributed by atoms with Gasteiger partial charge in [0.2, 0.25) is 5.82 Å². The van der Waals surface area contributed by atoms with Crippen LogP contribution in [0.4, 0.5) is 4.39 Å². The van der Waals surface area contributed by atoms with Crippen LogP contribution in [-0.4, -0.2) is 53.6 Å². The van der Waals surface area contributed by atoms with E-state index in [1.165, 1.54) is 19.4 Å². The van der Waals surface area contributed by atoms with Crippen LogP contribution in [0.15, 0.2) is 36.5 Å². The molecule has 4 rings (SSSR count). The number of carbonyl (C=O) groups is 1. The van der Waals surface area contributed by atoms with Gasteiger partial charge >= 0.3 is 0 Å². The number of Topliss-reactive ketones (excluding diaryl/α,β-unsaturated/α-hetero) is 1. The molecule has 1 aliphatic heterocycles. The Hall–Kier alpha value is -2.67. The first-order chi connectivity index (χ1) is 13.5. The van der Waals surface area contributed by atoms with Crippen molar-refractivity contribution in [3.8, 4) is 17.2 Å². The Morgan fingerprint density at radius 2 is 1.93 bits per heavy atom. The predicted molar refractivity (Wildman–Crippen MR) is 100 cm³/mol. The molecule has 1 aliphatic carbocycles. The van der Waals surface area contributed by atoms with E-state index in [1.54, 1.807) is 24.3 Å². The van der Waals surface area contributed by atoms with Crippen LogP contribution >= 0.6 is 0 Å². The fourth-order valence-electron chi connectivity index (χ4n) is 4.32. The van der Waals surface area contributed by atoms with Crippen LogP contribution in [0, 0.1) is 17.7 Å². The van der Waals surface area contributed by atoms with Crippen molar-refractivity contribution in [1.29, 1.82) is 0 Å². The van der Waals surface area contributed by atoms with E-state index < -0.39 is 5.82 Å². The number of methoxy groups -OCH3 is 1. The van der Waals surface area contributed by atoms with Crippen molar-refractivity contribution in [3.05, 3.63) is 48.0 Å². The van der Waals surface area contributed by atoms with Crippen LogP contribution in [0.2, 0.25) is 0 Å². The van der Waals surface area contributed by atoms with Gasteiger partial charge in [-0.3, -0.25) is 9.69 Å². The average Bonchev–Trinajstić information content (AvgIpc) is 3.21. The Bertz CT molecular complexity index is 844. The number of aromatic nitrogens is 1. The number of carbonyl (C=O) groups excluding carboxylic acids is 1. The minimum absolute atomic E-state index is 0.0202. The number of ketones is 1. The lowest BCUT2D eigenvalue weighted by molar-refractivity contribution is 0.0931. The number of halogens is 1. The van der Waals surface area contributed by atoms with Gasteiger partial charge in [-0.1, -0.05) is 6.07 Å². The van der Waals surface area contributed by atoms with Crippen molar-refractivity contribution in [2.45, 2.75) is 18.9 Å². The maximum atomic E-state index is 14.3. The maximum absolute atomic E-state index is 14.3. The second-order valence-electron chi connectivity index (χ2n) is 7.52. The zero-order valence-electron chi connectivity index (χ0n) is 15.7. The minimum Gasteiger partial charge on any atom is -0.506 e. The topological polar surface area (TPSA) is 71.9 Å². The van der Waals surface area contributed by atoms with Crippen LogP contribution in [0.25, 0.3) is 0 Å². The molecule has 28 heavy (non-hydrogen) atoms. The standard InChI is InChI=1S/C21H23FN2O4/c1-27-19-3-2-4-20(21(19)22)28-16-7-13-10-24(11-14(13)8-16)12-18(26)17-6-5-15(25)9-23-17/h2-6,9,13-14,16,25H,7-8,10-12H2,1H3/t13-,14+,16?. The number of aromatic hydroxyl groups is 1. The lowest BCUT2D eigenvalue weighted by atomic mass is 10.0. The van der Waals surface area contributed by atoms with Crippen LogP contribution in [0.1, 0.15) is 23.3 Å². The highest BCUT2D eigenvalue weighted by Crippen LogP contribution is 2.40. The van der Waals surface area contributed by atoms with Gasteiger partial charge in [-0.05, 0) is 48.9 Å². The smallest absolute Gasteiger partial charge is 0.206 e. The molecule has 2 aromatic rings. The summed E-state index contributed by atoms with van der Waals surface area (Å²) in [5.74, 6) is 0.837. The first-order valence-corrected chi connectivity index (χ1v) is 9.43. The molecule has 1 unspecified atom stereocenters. The molecule has 1 N–H and O–H groups in total. The summed E-state index contributed by atoms with van der Waals surface area (Å²) in [5.41, 5.74) is 0.365. The summed E-state index contributed by atoms with van der Waals surface area (Å²) in [6.45, 7) is 1.98. The number of benzene rings is 1. The number of nitrogens with zero attached hydrogens (tertiary/aromatic N) is 2. The molecule has 7 heteroatoms. The minimum atomic E-state index is -0.462. The number of rotatable bonds is 6. The number of ether oxygens (including phenoxy) is 2. The Morgan fingerprint density at radius 1 is 1.21 bits per heavy atom. The van der Waals surface area contributed by atoms with E-state index in [2.05, 4.69) is 9.88 Å². The molecule has 2 fully saturated rings. The van der Waals surface area contributed by atoms with E-state index in [0.29, 0.717) is 24.1 Å². The SMILES string of the molecule is COc1cccc(OC2C[C@@H]3CN(CC(=O)c4ccc(O)cn4)C[C@@H]3C2)c1F. The van der Waals surface area contributed by atoms with E-state index in [4.69, 9.17) is 9.47 Å². The molecule has 2 aliphatic rings. The number of likely N-dealkylation sites (tertiary alicyclic amines) is 1. The summed E-state index contributed by atoms with van der Waals surface area (Å²) in [5, 5.41) is 9.28. The van der Waals surface area contributed by atoms with Gasteiger partial charge in [0.1, 0.15) is 11.4 Å². The summed E-state index contributed by atoms with van der Waals surface area (Å²) in [4.78, 5) is 18.5. The number of hydrogen-bond acceptors (Lipinski definition) is 6. The lowest BCUT2D eigenvalue weighted by Gasteiger charge is -2.19. The molecule has 0 bridgehead atoms. The summed E-state index contributed by atoms with van der Waals surface area (Å²) in [7, 11) is 1.44. The fraction of sp³-hybridized carbons (Fsp3) is 0.429. The Kier molecular flexibility index (Phi) is 5.17. The van der Waals surface area contributed by atoms with Crippen LogP contribution in [0.5, 0.6) is 17.2 Å². The van der Waals surface area contributed by atoms with Crippen molar-refractivity contribution in [2.24, 2.45) is 11.8 Å². The molecule has 148 valence electrons. The molecule has 1 aromatic carbocycles. The third-order valence-corrected chi connectivity index (χ3v) is 5.63. The summed E-state index contributed by atoms with van der Waals surface area (Å²) in [6.07, 6.45) is 2.96. The van der Waals surface area contributed by atoms with Gasteiger partial charge in [0.25, 0.3) is 0 Å². The maximum Gasteiger partial charge on any atom is 0.206 e. The second-order valence-corrected chi connectivity index (χ2v) is 7.52. The van der Waals surface area contributed by atoms with Crippen molar-refractivity contribution < 1.29 is 23.8 Å². The van der Waals surface area contributed by atoms with Gasteiger partial charge in [0.05, 0.1) is 26.0 Å². The van der Waals surface area contributed by atoms with E-state index >= 15 is 0 Å². The van der Waals surface area contributed by atoms with Crippen LogP contribution < -0.4 is 9.47 Å². The number of hydrogen-bond donors (Lipinski definition) is 1. The second kappa shape index (κ2) is 7.75. The zero-order valence-corrected chi connectivity index (χ0v) is 15.7. The summed E-state index contributed by atoms with van der Waals surface area (Å²) in [6, 6.07) is 7.93. The van der Waals surface area contributed by atoms with Crippen LogP contribution in [-0.2, 0) is 0 Å². The molecule has 0 amide bonds. The van der Waals surface area contributed by atoms with Crippen LogP contribution in [0.3, 0.4) is 0 Å². The van der Waals surface area contributed by atoms with Gasteiger partial charge in [0.15, 0.2) is 17.3 Å².